The lowest BCUT2D eigenvalue weighted by molar-refractivity contribution is -0.139. The van der Waals surface area contributed by atoms with Crippen molar-refractivity contribution < 1.29 is 19.4 Å². The SMILES string of the molecule is CC(C)(C)OC(=O)NC(Cn1ccc2c(=O)[nH]c(N)nc21)C(=O)O. The second-order valence-electron chi connectivity index (χ2n) is 6.19. The molecule has 2 heterocycles. The summed E-state index contributed by atoms with van der Waals surface area (Å²) in [7, 11) is 0. The molecule has 5 N–H and O–H groups in total. The minimum Gasteiger partial charge on any atom is -0.480 e. The van der Waals surface area contributed by atoms with Gasteiger partial charge in [-0.05, 0) is 26.8 Å². The number of ether oxygens (including phenoxy) is 1. The summed E-state index contributed by atoms with van der Waals surface area (Å²) in [6.07, 6.45) is 0.649. The van der Waals surface area contributed by atoms with Crippen LogP contribution in [0.15, 0.2) is 17.1 Å². The number of nitrogens with zero attached hydrogens (tertiary/aromatic N) is 2. The first-order valence-corrected chi connectivity index (χ1v) is 7.14. The Bertz CT molecular complexity index is 832. The van der Waals surface area contributed by atoms with E-state index < -0.39 is 29.3 Å². The third-order valence-corrected chi connectivity index (χ3v) is 3.02. The lowest BCUT2D eigenvalue weighted by atomic mass is 10.2. The Balaban J connectivity index is 2.24. The van der Waals surface area contributed by atoms with Crippen molar-refractivity contribution >= 4 is 29.0 Å². The molecular formula is C14H19N5O5. The number of rotatable bonds is 4. The van der Waals surface area contributed by atoms with Crippen LogP contribution in [-0.2, 0) is 16.1 Å². The number of carbonyl (C=O) groups excluding carboxylic acids is 1. The molecule has 0 fully saturated rings. The van der Waals surface area contributed by atoms with Crippen molar-refractivity contribution in [2.24, 2.45) is 0 Å². The molecule has 0 aromatic carbocycles. The van der Waals surface area contributed by atoms with E-state index in [9.17, 15) is 19.5 Å². The van der Waals surface area contributed by atoms with Crippen molar-refractivity contribution in [1.82, 2.24) is 19.9 Å². The zero-order valence-corrected chi connectivity index (χ0v) is 13.5. The molecule has 0 radical (unpaired) electrons. The summed E-state index contributed by atoms with van der Waals surface area (Å²) in [6.45, 7) is 4.86. The molecule has 10 heteroatoms. The van der Waals surface area contributed by atoms with Crippen LogP contribution in [0.4, 0.5) is 10.7 Å². The number of hydrogen-bond acceptors (Lipinski definition) is 6. The predicted octanol–water partition coefficient (Wildman–Crippen LogP) is 0.285. The Hall–Kier alpha value is -3.04. The maximum absolute atomic E-state index is 11.8. The Morgan fingerprint density at radius 3 is 2.75 bits per heavy atom. The molecular weight excluding hydrogens is 318 g/mol. The first-order valence-electron chi connectivity index (χ1n) is 7.14. The van der Waals surface area contributed by atoms with Crippen LogP contribution >= 0.6 is 0 Å². The quantitative estimate of drug-likeness (QED) is 0.625. The van der Waals surface area contributed by atoms with E-state index in [2.05, 4.69) is 15.3 Å². The largest absolute Gasteiger partial charge is 0.480 e. The Labute approximate surface area is 136 Å². The minimum atomic E-state index is -1.27. The van der Waals surface area contributed by atoms with Crippen LogP contribution in [-0.4, -0.2) is 43.3 Å². The zero-order valence-electron chi connectivity index (χ0n) is 13.5. The van der Waals surface area contributed by atoms with Gasteiger partial charge in [0, 0.05) is 6.20 Å². The van der Waals surface area contributed by atoms with Crippen molar-refractivity contribution in [2.45, 2.75) is 39.0 Å². The average molecular weight is 337 g/mol. The minimum absolute atomic E-state index is 0.0839. The summed E-state index contributed by atoms with van der Waals surface area (Å²) in [5, 5.41) is 11.9. The van der Waals surface area contributed by atoms with Crippen molar-refractivity contribution in [3.8, 4) is 0 Å². The van der Waals surface area contributed by atoms with E-state index in [0.717, 1.165) is 0 Å². The number of nitrogen functional groups attached to an aromatic ring is 1. The molecule has 2 aromatic heterocycles. The van der Waals surface area contributed by atoms with Gasteiger partial charge in [-0.15, -0.1) is 0 Å². The number of carboxylic acid groups (broad SMARTS) is 1. The summed E-state index contributed by atoms with van der Waals surface area (Å²) in [6, 6.07) is 0.227. The van der Waals surface area contributed by atoms with Crippen molar-refractivity contribution in [1.29, 1.82) is 0 Å². The van der Waals surface area contributed by atoms with E-state index in [1.165, 1.54) is 16.8 Å². The Morgan fingerprint density at radius 1 is 1.50 bits per heavy atom. The van der Waals surface area contributed by atoms with Crippen LogP contribution in [0, 0.1) is 0 Å². The molecule has 10 nitrogen and oxygen atoms in total. The molecule has 24 heavy (non-hydrogen) atoms. The fraction of sp³-hybridized carbons (Fsp3) is 0.429. The standard InChI is InChI=1S/C14H19N5O5/c1-14(2,3)24-13(23)16-8(11(21)22)6-19-5-4-7-9(19)17-12(15)18-10(7)20/h4-5,8H,6H2,1-3H3,(H,16,23)(H,21,22)(H3,15,17,18,20). The van der Waals surface area contributed by atoms with Gasteiger partial charge in [-0.2, -0.15) is 4.98 Å². The average Bonchev–Trinajstić information content (AvgIpc) is 2.79. The number of aliphatic carboxylic acids is 1. The van der Waals surface area contributed by atoms with E-state index in [1.54, 1.807) is 20.8 Å². The molecule has 2 rings (SSSR count). The highest BCUT2D eigenvalue weighted by Gasteiger charge is 2.25. The van der Waals surface area contributed by atoms with Gasteiger partial charge in [0.1, 0.15) is 17.3 Å². The van der Waals surface area contributed by atoms with Crippen LogP contribution in [0.25, 0.3) is 11.0 Å². The molecule has 0 spiro atoms. The first kappa shape index (κ1) is 17.3. The normalized spacial score (nSPS) is 12.8. The lowest BCUT2D eigenvalue weighted by Gasteiger charge is -2.22. The molecule has 0 aliphatic rings. The van der Waals surface area contributed by atoms with Gasteiger partial charge in [0.15, 0.2) is 0 Å². The summed E-state index contributed by atoms with van der Waals surface area (Å²) in [5.74, 6) is -1.33. The highest BCUT2D eigenvalue weighted by atomic mass is 16.6. The summed E-state index contributed by atoms with van der Waals surface area (Å²) in [5.41, 5.74) is 4.56. The van der Waals surface area contributed by atoms with Gasteiger partial charge in [0.2, 0.25) is 5.95 Å². The number of amides is 1. The number of alkyl carbamates (subject to hydrolysis) is 1. The molecule has 1 atom stereocenters. The van der Waals surface area contributed by atoms with Gasteiger partial charge >= 0.3 is 12.1 Å². The Kier molecular flexibility index (Phi) is 4.49. The van der Waals surface area contributed by atoms with Crippen LogP contribution < -0.4 is 16.6 Å². The maximum Gasteiger partial charge on any atom is 0.408 e. The van der Waals surface area contributed by atoms with E-state index in [4.69, 9.17) is 10.5 Å². The summed E-state index contributed by atoms with van der Waals surface area (Å²) < 4.78 is 6.48. The van der Waals surface area contributed by atoms with E-state index in [1.807, 2.05) is 0 Å². The third kappa shape index (κ3) is 4.03. The number of carbonyl (C=O) groups is 2. The van der Waals surface area contributed by atoms with Crippen molar-refractivity contribution in [3.63, 3.8) is 0 Å². The fourth-order valence-corrected chi connectivity index (χ4v) is 2.07. The van der Waals surface area contributed by atoms with Gasteiger partial charge in [-0.3, -0.25) is 9.78 Å². The topological polar surface area (TPSA) is 152 Å². The number of nitrogens with two attached hydrogens (primary N) is 1. The number of aromatic nitrogens is 3. The fourth-order valence-electron chi connectivity index (χ4n) is 2.07. The van der Waals surface area contributed by atoms with Crippen molar-refractivity contribution in [3.05, 3.63) is 22.6 Å². The molecule has 0 saturated heterocycles. The summed E-state index contributed by atoms with van der Waals surface area (Å²) >= 11 is 0. The Morgan fingerprint density at radius 2 is 2.17 bits per heavy atom. The monoisotopic (exact) mass is 337 g/mol. The van der Waals surface area contributed by atoms with Crippen LogP contribution in [0.3, 0.4) is 0 Å². The molecule has 2 aromatic rings. The number of H-pyrrole nitrogens is 1. The highest BCUT2D eigenvalue weighted by molar-refractivity contribution is 5.81. The van der Waals surface area contributed by atoms with Gasteiger partial charge in [0.05, 0.1) is 11.9 Å². The van der Waals surface area contributed by atoms with E-state index in [0.29, 0.717) is 0 Å². The van der Waals surface area contributed by atoms with Gasteiger partial charge in [-0.1, -0.05) is 0 Å². The maximum atomic E-state index is 11.8. The van der Waals surface area contributed by atoms with E-state index in [-0.39, 0.29) is 23.5 Å². The predicted molar refractivity (Wildman–Crippen MR) is 85.6 cm³/mol. The molecule has 0 aliphatic carbocycles. The number of fused-ring (bicyclic) bond motifs is 1. The number of aromatic amines is 1. The van der Waals surface area contributed by atoms with Gasteiger partial charge < -0.3 is 25.5 Å². The lowest BCUT2D eigenvalue weighted by Crippen LogP contribution is -2.45. The van der Waals surface area contributed by atoms with Gasteiger partial charge in [-0.25, -0.2) is 9.59 Å². The molecule has 130 valence electrons. The number of hydrogen-bond donors (Lipinski definition) is 4. The molecule has 1 unspecified atom stereocenters. The number of nitrogens with one attached hydrogen (secondary N) is 2. The van der Waals surface area contributed by atoms with Crippen LogP contribution in [0.1, 0.15) is 20.8 Å². The number of anilines is 1. The second-order valence-corrected chi connectivity index (χ2v) is 6.19. The zero-order chi connectivity index (χ0) is 18.1. The third-order valence-electron chi connectivity index (χ3n) is 3.02. The highest BCUT2D eigenvalue weighted by Crippen LogP contribution is 2.11. The van der Waals surface area contributed by atoms with Crippen LogP contribution in [0.2, 0.25) is 0 Å². The molecule has 0 aliphatic heterocycles. The summed E-state index contributed by atoms with van der Waals surface area (Å²) in [4.78, 5) is 41.3. The van der Waals surface area contributed by atoms with Crippen LogP contribution in [0.5, 0.6) is 0 Å². The molecule has 0 bridgehead atoms. The number of carboxylic acids is 1. The molecule has 0 saturated carbocycles. The second kappa shape index (κ2) is 6.22. The molecule has 1 amide bonds. The van der Waals surface area contributed by atoms with Gasteiger partial charge in [0.25, 0.3) is 5.56 Å². The first-order chi connectivity index (χ1) is 11.1. The van der Waals surface area contributed by atoms with E-state index >= 15 is 0 Å². The smallest absolute Gasteiger partial charge is 0.408 e. The van der Waals surface area contributed by atoms with Crippen molar-refractivity contribution in [2.75, 3.05) is 5.73 Å².